The van der Waals surface area contributed by atoms with Gasteiger partial charge in [0.15, 0.2) is 0 Å². The molecule has 4 nitrogen and oxygen atoms in total. The van der Waals surface area contributed by atoms with E-state index in [-0.39, 0.29) is 0 Å². The maximum absolute atomic E-state index is 12.2. The molecule has 0 aliphatic rings. The highest BCUT2D eigenvalue weighted by atomic mass is 16.5. The highest BCUT2D eigenvalue weighted by Crippen LogP contribution is 2.21. The Labute approximate surface area is 141 Å². The van der Waals surface area contributed by atoms with Gasteiger partial charge in [-0.1, -0.05) is 6.07 Å². The van der Waals surface area contributed by atoms with E-state index < -0.39 is 5.97 Å². The third-order valence-corrected chi connectivity index (χ3v) is 3.88. The van der Waals surface area contributed by atoms with Gasteiger partial charge in [-0.15, -0.1) is 0 Å². The van der Waals surface area contributed by atoms with Crippen LogP contribution in [0.2, 0.25) is 0 Å². The zero-order valence-electron chi connectivity index (χ0n) is 13.9. The van der Waals surface area contributed by atoms with Crippen LogP contribution in [0.1, 0.15) is 21.7 Å². The van der Waals surface area contributed by atoms with Crippen LogP contribution in [0.3, 0.4) is 0 Å². The summed E-state index contributed by atoms with van der Waals surface area (Å²) in [4.78, 5) is 12.2. The number of esters is 1. The Morgan fingerprint density at radius 3 is 2.17 bits per heavy atom. The molecule has 0 radical (unpaired) electrons. The summed E-state index contributed by atoms with van der Waals surface area (Å²) in [5, 5.41) is 0. The van der Waals surface area contributed by atoms with E-state index in [1.54, 1.807) is 43.5 Å². The lowest BCUT2D eigenvalue weighted by Crippen LogP contribution is -2.08. The quantitative estimate of drug-likeness (QED) is 0.531. The molecule has 0 atom stereocenters. The molecule has 0 spiro atoms. The van der Waals surface area contributed by atoms with Gasteiger partial charge < -0.3 is 14.0 Å². The molecule has 0 fully saturated rings. The molecule has 0 amide bonds. The van der Waals surface area contributed by atoms with E-state index in [9.17, 15) is 4.79 Å². The molecule has 4 heteroatoms. The fraction of sp³-hybridized carbons (Fsp3) is 0.150. The third-order valence-electron chi connectivity index (χ3n) is 3.88. The summed E-state index contributed by atoms with van der Waals surface area (Å²) < 4.78 is 12.7. The molecule has 0 saturated carbocycles. The Balaban J connectivity index is 1.78. The Morgan fingerprint density at radius 2 is 1.54 bits per heavy atom. The number of hydrogen-bond donors (Lipinski definition) is 0. The zero-order valence-corrected chi connectivity index (χ0v) is 13.9. The minimum absolute atomic E-state index is 0.407. The predicted octanol–water partition coefficient (Wildman–Crippen LogP) is 4.32. The van der Waals surface area contributed by atoms with Gasteiger partial charge in [0.1, 0.15) is 11.5 Å². The summed E-state index contributed by atoms with van der Waals surface area (Å²) in [5.41, 5.74) is 3.81. The number of hydrogen-bond acceptors (Lipinski definition) is 3. The van der Waals surface area contributed by atoms with E-state index in [0.29, 0.717) is 17.1 Å². The topological polar surface area (TPSA) is 40.5 Å². The van der Waals surface area contributed by atoms with E-state index in [1.165, 1.54) is 0 Å². The standard InChI is InChI=1S/C20H19NO3/c1-14-7-8-15(2)21(14)17-9-11-18(12-10-17)24-20(22)16-5-4-6-19(13-16)23-3/h4-13H,1-3H3. The summed E-state index contributed by atoms with van der Waals surface area (Å²) in [7, 11) is 1.56. The molecule has 0 saturated heterocycles. The second-order valence-electron chi connectivity index (χ2n) is 5.57. The zero-order chi connectivity index (χ0) is 17.1. The first-order chi connectivity index (χ1) is 11.6. The van der Waals surface area contributed by atoms with Gasteiger partial charge in [0.05, 0.1) is 12.7 Å². The summed E-state index contributed by atoms with van der Waals surface area (Å²) in [6.07, 6.45) is 0. The molecule has 3 aromatic rings. The average Bonchev–Trinajstić information content (AvgIpc) is 2.94. The number of carbonyl (C=O) groups is 1. The van der Waals surface area contributed by atoms with E-state index in [1.807, 2.05) is 12.1 Å². The van der Waals surface area contributed by atoms with E-state index in [2.05, 4.69) is 30.5 Å². The Hall–Kier alpha value is -3.01. The number of methoxy groups -OCH3 is 1. The highest BCUT2D eigenvalue weighted by molar-refractivity contribution is 5.91. The van der Waals surface area contributed by atoms with Crippen LogP contribution in [0.4, 0.5) is 0 Å². The first-order valence-electron chi connectivity index (χ1n) is 7.70. The smallest absolute Gasteiger partial charge is 0.343 e. The van der Waals surface area contributed by atoms with Crippen molar-refractivity contribution in [2.24, 2.45) is 0 Å². The SMILES string of the molecule is COc1cccc(C(=O)Oc2ccc(-n3c(C)ccc3C)cc2)c1. The maximum Gasteiger partial charge on any atom is 0.343 e. The van der Waals surface area contributed by atoms with E-state index in [0.717, 1.165) is 17.1 Å². The summed E-state index contributed by atoms with van der Waals surface area (Å²) in [6.45, 7) is 4.12. The maximum atomic E-state index is 12.2. The molecule has 24 heavy (non-hydrogen) atoms. The van der Waals surface area contributed by atoms with Crippen molar-refractivity contribution < 1.29 is 14.3 Å². The largest absolute Gasteiger partial charge is 0.497 e. The van der Waals surface area contributed by atoms with Gasteiger partial charge >= 0.3 is 5.97 Å². The van der Waals surface area contributed by atoms with Crippen molar-refractivity contribution >= 4 is 5.97 Å². The minimum atomic E-state index is -0.407. The van der Waals surface area contributed by atoms with Crippen molar-refractivity contribution in [2.75, 3.05) is 7.11 Å². The van der Waals surface area contributed by atoms with Crippen molar-refractivity contribution in [3.8, 4) is 17.2 Å². The van der Waals surface area contributed by atoms with Crippen LogP contribution in [0.5, 0.6) is 11.5 Å². The normalized spacial score (nSPS) is 10.5. The first-order valence-corrected chi connectivity index (χ1v) is 7.70. The number of carbonyl (C=O) groups excluding carboxylic acids is 1. The van der Waals surface area contributed by atoms with Crippen LogP contribution in [0.25, 0.3) is 5.69 Å². The van der Waals surface area contributed by atoms with Crippen LogP contribution >= 0.6 is 0 Å². The molecule has 2 aromatic carbocycles. The Bertz CT molecular complexity index is 843. The Morgan fingerprint density at radius 1 is 0.875 bits per heavy atom. The van der Waals surface area contributed by atoms with Crippen molar-refractivity contribution in [1.29, 1.82) is 0 Å². The van der Waals surface area contributed by atoms with Crippen molar-refractivity contribution in [2.45, 2.75) is 13.8 Å². The van der Waals surface area contributed by atoms with Crippen molar-refractivity contribution in [1.82, 2.24) is 4.57 Å². The number of benzene rings is 2. The van der Waals surface area contributed by atoms with Gasteiger partial charge in [0.2, 0.25) is 0 Å². The Kier molecular flexibility index (Phi) is 4.38. The summed E-state index contributed by atoms with van der Waals surface area (Å²) >= 11 is 0. The van der Waals surface area contributed by atoms with Crippen LogP contribution in [-0.4, -0.2) is 17.6 Å². The average molecular weight is 321 g/mol. The number of nitrogens with zero attached hydrogens (tertiary/aromatic N) is 1. The number of aryl methyl sites for hydroxylation is 2. The number of ether oxygens (including phenoxy) is 2. The number of rotatable bonds is 4. The van der Waals surface area contributed by atoms with Gasteiger partial charge in [-0.25, -0.2) is 4.79 Å². The molecule has 1 aromatic heterocycles. The van der Waals surface area contributed by atoms with Gasteiger partial charge in [0, 0.05) is 17.1 Å². The molecule has 0 aliphatic heterocycles. The fourth-order valence-corrected chi connectivity index (χ4v) is 2.65. The minimum Gasteiger partial charge on any atom is -0.497 e. The van der Waals surface area contributed by atoms with Gasteiger partial charge in [-0.3, -0.25) is 0 Å². The van der Waals surface area contributed by atoms with E-state index >= 15 is 0 Å². The van der Waals surface area contributed by atoms with Gasteiger partial charge in [0.25, 0.3) is 0 Å². The van der Waals surface area contributed by atoms with Crippen LogP contribution in [-0.2, 0) is 0 Å². The predicted molar refractivity (Wildman–Crippen MR) is 93.2 cm³/mol. The lowest BCUT2D eigenvalue weighted by atomic mass is 10.2. The fourth-order valence-electron chi connectivity index (χ4n) is 2.65. The van der Waals surface area contributed by atoms with Crippen molar-refractivity contribution in [3.05, 3.63) is 77.6 Å². The monoisotopic (exact) mass is 321 g/mol. The van der Waals surface area contributed by atoms with Crippen molar-refractivity contribution in [3.63, 3.8) is 0 Å². The molecule has 1 heterocycles. The number of aromatic nitrogens is 1. The summed E-state index contributed by atoms with van der Waals surface area (Å²) in [5.74, 6) is 0.724. The first kappa shape index (κ1) is 15.9. The molecular formula is C20H19NO3. The molecule has 0 bridgehead atoms. The van der Waals surface area contributed by atoms with Gasteiger partial charge in [-0.2, -0.15) is 0 Å². The second-order valence-corrected chi connectivity index (χ2v) is 5.57. The molecule has 0 N–H and O–H groups in total. The lowest BCUT2D eigenvalue weighted by molar-refractivity contribution is 0.0734. The van der Waals surface area contributed by atoms with Crippen LogP contribution < -0.4 is 9.47 Å². The van der Waals surface area contributed by atoms with Crippen LogP contribution in [0, 0.1) is 13.8 Å². The lowest BCUT2D eigenvalue weighted by Gasteiger charge is -2.10. The summed E-state index contributed by atoms with van der Waals surface area (Å²) in [6, 6.07) is 18.5. The van der Waals surface area contributed by atoms with E-state index in [4.69, 9.17) is 9.47 Å². The molecule has 0 unspecified atom stereocenters. The third kappa shape index (κ3) is 3.18. The molecule has 3 rings (SSSR count). The molecule has 122 valence electrons. The van der Waals surface area contributed by atoms with Gasteiger partial charge in [-0.05, 0) is 68.4 Å². The highest BCUT2D eigenvalue weighted by Gasteiger charge is 2.10. The second kappa shape index (κ2) is 6.62. The molecule has 0 aliphatic carbocycles. The van der Waals surface area contributed by atoms with Crippen LogP contribution in [0.15, 0.2) is 60.7 Å². The molecular weight excluding hydrogens is 302 g/mol.